The Bertz CT molecular complexity index is 670. The van der Waals surface area contributed by atoms with E-state index >= 15 is 0 Å². The maximum absolute atomic E-state index is 14.3. The van der Waals surface area contributed by atoms with Crippen LogP contribution >= 0.6 is 0 Å². The van der Waals surface area contributed by atoms with Crippen LogP contribution in [0.25, 0.3) is 0 Å². The molecule has 2 aromatic rings. The Morgan fingerprint density at radius 2 is 2.27 bits per heavy atom. The van der Waals surface area contributed by atoms with Gasteiger partial charge in [0.25, 0.3) is 0 Å². The fraction of sp³-hybridized carbons (Fsp3) is 0.471. The second kappa shape index (κ2) is 5.72. The number of benzene rings is 1. The minimum Gasteiger partial charge on any atom is -0.493 e. The third kappa shape index (κ3) is 2.50. The van der Waals surface area contributed by atoms with Crippen LogP contribution < -0.4 is 10.1 Å². The van der Waals surface area contributed by atoms with E-state index in [0.717, 1.165) is 32.1 Å². The normalized spacial score (nSPS) is 24.0. The van der Waals surface area contributed by atoms with Gasteiger partial charge in [0.2, 0.25) is 0 Å². The van der Waals surface area contributed by atoms with Crippen LogP contribution in [0.4, 0.5) is 4.39 Å². The number of fused-ring (bicyclic) bond motifs is 2. The van der Waals surface area contributed by atoms with Gasteiger partial charge in [0.15, 0.2) is 0 Å². The van der Waals surface area contributed by atoms with Crippen molar-refractivity contribution in [3.63, 3.8) is 0 Å². The number of aromatic nitrogens is 2. The first-order valence-electron chi connectivity index (χ1n) is 7.99. The number of aromatic amines is 1. The smallest absolute Gasteiger partial charge is 0.131 e. The van der Waals surface area contributed by atoms with E-state index in [4.69, 9.17) is 4.74 Å². The molecule has 0 saturated carbocycles. The van der Waals surface area contributed by atoms with Gasteiger partial charge in [-0.15, -0.1) is 0 Å². The van der Waals surface area contributed by atoms with Gasteiger partial charge in [-0.3, -0.25) is 5.10 Å². The van der Waals surface area contributed by atoms with Crippen molar-refractivity contribution in [2.24, 2.45) is 0 Å². The van der Waals surface area contributed by atoms with Gasteiger partial charge in [-0.05, 0) is 49.8 Å². The molecule has 1 aliphatic carbocycles. The summed E-state index contributed by atoms with van der Waals surface area (Å²) in [6, 6.07) is 5.50. The fourth-order valence-corrected chi connectivity index (χ4v) is 3.60. The molecule has 0 fully saturated rings. The lowest BCUT2D eigenvalue weighted by Crippen LogP contribution is -2.37. The van der Waals surface area contributed by atoms with E-state index in [1.807, 2.05) is 12.3 Å². The summed E-state index contributed by atoms with van der Waals surface area (Å²) in [7, 11) is 0. The van der Waals surface area contributed by atoms with Crippen LogP contribution in [0.5, 0.6) is 5.75 Å². The highest BCUT2D eigenvalue weighted by Crippen LogP contribution is 2.34. The highest BCUT2D eigenvalue weighted by atomic mass is 19.1. The van der Waals surface area contributed by atoms with Crippen molar-refractivity contribution in [1.82, 2.24) is 15.5 Å². The van der Waals surface area contributed by atoms with Crippen molar-refractivity contribution in [3.8, 4) is 5.75 Å². The molecule has 5 heteroatoms. The van der Waals surface area contributed by atoms with Gasteiger partial charge in [-0.1, -0.05) is 6.07 Å². The van der Waals surface area contributed by atoms with E-state index in [1.54, 1.807) is 6.07 Å². The number of hydrogen-bond acceptors (Lipinski definition) is 3. The number of nitrogens with zero attached hydrogens (tertiary/aromatic N) is 1. The molecule has 2 aliphatic rings. The Morgan fingerprint density at radius 3 is 3.23 bits per heavy atom. The highest BCUT2D eigenvalue weighted by Gasteiger charge is 2.27. The fourth-order valence-electron chi connectivity index (χ4n) is 3.60. The maximum atomic E-state index is 14.3. The molecule has 1 aromatic heterocycles. The molecule has 2 heterocycles. The molecule has 0 bridgehead atoms. The standard InChI is InChI=1S/C17H20FN3O/c18-13-3-1-5-16-17(13)15(4-2-8-22-16)20-12-6-7-14-11(9-12)10-19-21-14/h1,3,5,10,12,15,20H,2,4,6-9H2,(H,19,21). The molecule has 22 heavy (non-hydrogen) atoms. The summed E-state index contributed by atoms with van der Waals surface area (Å²) in [4.78, 5) is 0. The molecule has 1 aromatic carbocycles. The minimum atomic E-state index is -0.170. The maximum Gasteiger partial charge on any atom is 0.131 e. The number of hydrogen-bond donors (Lipinski definition) is 2. The summed E-state index contributed by atoms with van der Waals surface area (Å²) in [5.74, 6) is 0.520. The molecule has 116 valence electrons. The van der Waals surface area contributed by atoms with Crippen molar-refractivity contribution < 1.29 is 9.13 Å². The predicted molar refractivity (Wildman–Crippen MR) is 81.4 cm³/mol. The third-order valence-electron chi connectivity index (χ3n) is 4.71. The van der Waals surface area contributed by atoms with Crippen molar-refractivity contribution in [2.75, 3.05) is 6.61 Å². The zero-order valence-corrected chi connectivity index (χ0v) is 12.4. The monoisotopic (exact) mass is 301 g/mol. The third-order valence-corrected chi connectivity index (χ3v) is 4.71. The van der Waals surface area contributed by atoms with Crippen molar-refractivity contribution in [3.05, 3.63) is 47.0 Å². The van der Waals surface area contributed by atoms with Crippen LogP contribution in [0.15, 0.2) is 24.4 Å². The Balaban J connectivity index is 1.56. The van der Waals surface area contributed by atoms with Gasteiger partial charge in [-0.2, -0.15) is 5.10 Å². The minimum absolute atomic E-state index is 0.0251. The molecule has 2 unspecified atom stereocenters. The van der Waals surface area contributed by atoms with Crippen molar-refractivity contribution in [2.45, 2.75) is 44.2 Å². The van der Waals surface area contributed by atoms with Gasteiger partial charge in [-0.25, -0.2) is 4.39 Å². The Morgan fingerprint density at radius 1 is 1.32 bits per heavy atom. The van der Waals surface area contributed by atoms with E-state index in [1.165, 1.54) is 17.3 Å². The number of halogens is 1. The average Bonchev–Trinajstić information content (AvgIpc) is 2.88. The molecular weight excluding hydrogens is 281 g/mol. The molecular formula is C17H20FN3O. The molecule has 0 spiro atoms. The summed E-state index contributed by atoms with van der Waals surface area (Å²) in [6.07, 6.45) is 6.76. The zero-order valence-electron chi connectivity index (χ0n) is 12.4. The molecule has 1 aliphatic heterocycles. The molecule has 2 atom stereocenters. The first-order chi connectivity index (χ1) is 10.8. The van der Waals surface area contributed by atoms with Gasteiger partial charge in [0.1, 0.15) is 11.6 Å². The Labute approximate surface area is 129 Å². The summed E-state index contributed by atoms with van der Waals surface area (Å²) < 4.78 is 20.0. The molecule has 2 N–H and O–H groups in total. The average molecular weight is 301 g/mol. The number of aryl methyl sites for hydroxylation is 1. The Hall–Kier alpha value is -1.88. The summed E-state index contributed by atoms with van der Waals surface area (Å²) in [5.41, 5.74) is 3.22. The lowest BCUT2D eigenvalue weighted by atomic mass is 9.91. The predicted octanol–water partition coefficient (Wildman–Crippen LogP) is 2.91. The van der Waals surface area contributed by atoms with Crippen LogP contribution in [0.1, 0.15) is 42.1 Å². The quantitative estimate of drug-likeness (QED) is 0.896. The summed E-state index contributed by atoms with van der Waals surface area (Å²) in [5, 5.41) is 10.8. The van der Waals surface area contributed by atoms with E-state index in [2.05, 4.69) is 15.5 Å². The number of ether oxygens (including phenoxy) is 1. The van der Waals surface area contributed by atoms with E-state index in [-0.39, 0.29) is 11.9 Å². The molecule has 0 saturated heterocycles. The number of rotatable bonds is 2. The summed E-state index contributed by atoms with van der Waals surface area (Å²) in [6.45, 7) is 0.658. The molecule has 4 nitrogen and oxygen atoms in total. The number of nitrogens with one attached hydrogen (secondary N) is 2. The number of H-pyrrole nitrogens is 1. The second-order valence-electron chi connectivity index (χ2n) is 6.18. The largest absolute Gasteiger partial charge is 0.493 e. The van der Waals surface area contributed by atoms with Crippen LogP contribution in [-0.4, -0.2) is 22.8 Å². The zero-order chi connectivity index (χ0) is 14.9. The molecule has 0 radical (unpaired) electrons. The first kappa shape index (κ1) is 13.8. The van der Waals surface area contributed by atoms with E-state index in [0.29, 0.717) is 24.0 Å². The second-order valence-corrected chi connectivity index (χ2v) is 6.18. The highest BCUT2D eigenvalue weighted by molar-refractivity contribution is 5.38. The van der Waals surface area contributed by atoms with Crippen LogP contribution in [0, 0.1) is 5.82 Å². The van der Waals surface area contributed by atoms with Crippen molar-refractivity contribution in [1.29, 1.82) is 0 Å². The van der Waals surface area contributed by atoms with Crippen LogP contribution in [-0.2, 0) is 12.8 Å². The summed E-state index contributed by atoms with van der Waals surface area (Å²) >= 11 is 0. The van der Waals surface area contributed by atoms with Gasteiger partial charge in [0.05, 0.1) is 12.8 Å². The van der Waals surface area contributed by atoms with E-state index < -0.39 is 0 Å². The van der Waals surface area contributed by atoms with Gasteiger partial charge >= 0.3 is 0 Å². The van der Waals surface area contributed by atoms with Crippen LogP contribution in [0.2, 0.25) is 0 Å². The van der Waals surface area contributed by atoms with E-state index in [9.17, 15) is 4.39 Å². The van der Waals surface area contributed by atoms with Crippen molar-refractivity contribution >= 4 is 0 Å². The lowest BCUT2D eigenvalue weighted by Gasteiger charge is -2.28. The van der Waals surface area contributed by atoms with Gasteiger partial charge < -0.3 is 10.1 Å². The Kier molecular flexibility index (Phi) is 3.58. The molecule has 4 rings (SSSR count). The lowest BCUT2D eigenvalue weighted by molar-refractivity contribution is 0.313. The van der Waals surface area contributed by atoms with Gasteiger partial charge in [0, 0.05) is 23.3 Å². The topological polar surface area (TPSA) is 49.9 Å². The molecule has 0 amide bonds. The first-order valence-corrected chi connectivity index (χ1v) is 7.99. The SMILES string of the molecule is Fc1cccc2c1C(NC1CCc3[nH]ncc3C1)CCCO2. The van der Waals surface area contributed by atoms with Crippen LogP contribution in [0.3, 0.4) is 0 Å².